The molecule has 1 fully saturated rings. The SMILES string of the molecule is Cc1ccccc1Oc1ccc(C(=O)NC2CCCOCC2)nc1. The maximum Gasteiger partial charge on any atom is 0.270 e. The maximum atomic E-state index is 12.3. The molecule has 126 valence electrons. The van der Waals surface area contributed by atoms with Gasteiger partial charge < -0.3 is 14.8 Å². The van der Waals surface area contributed by atoms with E-state index in [4.69, 9.17) is 9.47 Å². The Hall–Kier alpha value is -2.40. The van der Waals surface area contributed by atoms with Crippen LogP contribution < -0.4 is 10.1 Å². The van der Waals surface area contributed by atoms with Crippen LogP contribution in [-0.2, 0) is 4.74 Å². The molecule has 0 saturated carbocycles. The Bertz CT molecular complexity index is 677. The summed E-state index contributed by atoms with van der Waals surface area (Å²) in [6.45, 7) is 3.46. The predicted octanol–water partition coefficient (Wildman–Crippen LogP) is 3.48. The molecule has 1 unspecified atom stereocenters. The quantitative estimate of drug-likeness (QED) is 0.934. The summed E-state index contributed by atoms with van der Waals surface area (Å²) >= 11 is 0. The van der Waals surface area contributed by atoms with Crippen molar-refractivity contribution in [1.29, 1.82) is 0 Å². The summed E-state index contributed by atoms with van der Waals surface area (Å²) in [5.41, 5.74) is 1.45. The number of aromatic nitrogens is 1. The molecule has 0 bridgehead atoms. The van der Waals surface area contributed by atoms with E-state index in [1.165, 1.54) is 0 Å². The highest BCUT2D eigenvalue weighted by Gasteiger charge is 2.16. The number of carbonyl (C=O) groups excluding carboxylic acids is 1. The molecular weight excluding hydrogens is 304 g/mol. The highest BCUT2D eigenvalue weighted by atomic mass is 16.5. The third-order valence-electron chi connectivity index (χ3n) is 4.08. The summed E-state index contributed by atoms with van der Waals surface area (Å²) in [7, 11) is 0. The highest BCUT2D eigenvalue weighted by Crippen LogP contribution is 2.23. The number of amides is 1. The number of carbonyl (C=O) groups is 1. The third kappa shape index (κ3) is 4.32. The van der Waals surface area contributed by atoms with Gasteiger partial charge >= 0.3 is 0 Å². The van der Waals surface area contributed by atoms with Gasteiger partial charge in [0.1, 0.15) is 17.2 Å². The molecule has 1 amide bonds. The van der Waals surface area contributed by atoms with Gasteiger partial charge in [-0.2, -0.15) is 0 Å². The van der Waals surface area contributed by atoms with Crippen molar-refractivity contribution < 1.29 is 14.3 Å². The molecular formula is C19H22N2O3. The zero-order chi connectivity index (χ0) is 16.8. The van der Waals surface area contributed by atoms with Crippen molar-refractivity contribution in [2.45, 2.75) is 32.2 Å². The van der Waals surface area contributed by atoms with Gasteiger partial charge in [0.05, 0.1) is 6.20 Å². The van der Waals surface area contributed by atoms with E-state index in [1.54, 1.807) is 18.3 Å². The zero-order valence-electron chi connectivity index (χ0n) is 13.8. The molecule has 0 spiro atoms. The van der Waals surface area contributed by atoms with Gasteiger partial charge in [0.25, 0.3) is 5.91 Å². The van der Waals surface area contributed by atoms with Crippen LogP contribution in [-0.4, -0.2) is 30.1 Å². The minimum atomic E-state index is -0.149. The minimum absolute atomic E-state index is 0.149. The number of nitrogens with one attached hydrogen (secondary N) is 1. The largest absolute Gasteiger partial charge is 0.455 e. The third-order valence-corrected chi connectivity index (χ3v) is 4.08. The summed E-state index contributed by atoms with van der Waals surface area (Å²) in [5, 5.41) is 3.03. The van der Waals surface area contributed by atoms with Gasteiger partial charge in [-0.05, 0) is 49.9 Å². The number of pyridine rings is 1. The van der Waals surface area contributed by atoms with Crippen molar-refractivity contribution >= 4 is 5.91 Å². The van der Waals surface area contributed by atoms with Crippen molar-refractivity contribution in [2.75, 3.05) is 13.2 Å². The molecule has 1 aliphatic rings. The molecule has 5 nitrogen and oxygen atoms in total. The van der Waals surface area contributed by atoms with Crippen LogP contribution in [0.2, 0.25) is 0 Å². The number of nitrogens with zero attached hydrogens (tertiary/aromatic N) is 1. The lowest BCUT2D eigenvalue weighted by molar-refractivity contribution is 0.0924. The second-order valence-electron chi connectivity index (χ2n) is 5.96. The van der Waals surface area contributed by atoms with Gasteiger partial charge in [-0.3, -0.25) is 4.79 Å². The molecule has 0 radical (unpaired) electrons. The summed E-state index contributed by atoms with van der Waals surface area (Å²) < 4.78 is 11.2. The molecule has 1 atom stereocenters. The van der Waals surface area contributed by atoms with E-state index in [0.717, 1.165) is 37.2 Å². The van der Waals surface area contributed by atoms with Crippen molar-refractivity contribution in [1.82, 2.24) is 10.3 Å². The predicted molar refractivity (Wildman–Crippen MR) is 91.4 cm³/mol. The normalized spacial score (nSPS) is 17.8. The number of rotatable bonds is 4. The van der Waals surface area contributed by atoms with Gasteiger partial charge in [0.2, 0.25) is 0 Å². The van der Waals surface area contributed by atoms with Crippen LogP contribution in [0.1, 0.15) is 35.3 Å². The minimum Gasteiger partial charge on any atom is -0.455 e. The van der Waals surface area contributed by atoms with Crippen LogP contribution in [0.15, 0.2) is 42.6 Å². The molecule has 1 aromatic carbocycles. The molecule has 1 N–H and O–H groups in total. The molecule has 0 aliphatic carbocycles. The molecule has 5 heteroatoms. The lowest BCUT2D eigenvalue weighted by atomic mass is 10.1. The topological polar surface area (TPSA) is 60.5 Å². The second kappa shape index (κ2) is 7.93. The molecule has 1 aromatic heterocycles. The Morgan fingerprint density at radius 3 is 2.88 bits per heavy atom. The van der Waals surface area contributed by atoms with Gasteiger partial charge in [0.15, 0.2) is 0 Å². The van der Waals surface area contributed by atoms with Gasteiger partial charge in [-0.15, -0.1) is 0 Å². The van der Waals surface area contributed by atoms with Gasteiger partial charge in [-0.1, -0.05) is 18.2 Å². The Morgan fingerprint density at radius 1 is 1.21 bits per heavy atom. The fraction of sp³-hybridized carbons (Fsp3) is 0.368. The van der Waals surface area contributed by atoms with Crippen molar-refractivity contribution in [3.8, 4) is 11.5 Å². The van der Waals surface area contributed by atoms with Crippen LogP contribution in [0.5, 0.6) is 11.5 Å². The van der Waals surface area contributed by atoms with Crippen molar-refractivity contribution in [3.63, 3.8) is 0 Å². The molecule has 24 heavy (non-hydrogen) atoms. The molecule has 2 aromatic rings. The Balaban J connectivity index is 1.61. The fourth-order valence-electron chi connectivity index (χ4n) is 2.68. The van der Waals surface area contributed by atoms with E-state index in [0.29, 0.717) is 18.1 Å². The van der Waals surface area contributed by atoms with E-state index in [-0.39, 0.29) is 11.9 Å². The number of hydrogen-bond donors (Lipinski definition) is 1. The lowest BCUT2D eigenvalue weighted by Crippen LogP contribution is -2.35. The Labute approximate surface area is 142 Å². The molecule has 1 saturated heterocycles. The first-order valence-corrected chi connectivity index (χ1v) is 8.30. The van der Waals surface area contributed by atoms with Crippen LogP contribution in [0.3, 0.4) is 0 Å². The van der Waals surface area contributed by atoms with Crippen LogP contribution in [0.4, 0.5) is 0 Å². The second-order valence-corrected chi connectivity index (χ2v) is 5.96. The molecule has 2 heterocycles. The first-order chi connectivity index (χ1) is 11.7. The number of hydrogen-bond acceptors (Lipinski definition) is 4. The monoisotopic (exact) mass is 326 g/mol. The van der Waals surface area contributed by atoms with E-state index >= 15 is 0 Å². The maximum absolute atomic E-state index is 12.3. The number of aryl methyl sites for hydroxylation is 1. The smallest absolute Gasteiger partial charge is 0.270 e. The number of ether oxygens (including phenoxy) is 2. The van der Waals surface area contributed by atoms with Gasteiger partial charge in [-0.25, -0.2) is 4.98 Å². The summed E-state index contributed by atoms with van der Waals surface area (Å²) in [6, 6.07) is 11.4. The van der Waals surface area contributed by atoms with E-state index in [9.17, 15) is 4.79 Å². The Kier molecular flexibility index (Phi) is 5.43. The highest BCUT2D eigenvalue weighted by molar-refractivity contribution is 5.92. The van der Waals surface area contributed by atoms with Crippen LogP contribution in [0.25, 0.3) is 0 Å². The summed E-state index contributed by atoms with van der Waals surface area (Å²) in [5.74, 6) is 1.25. The van der Waals surface area contributed by atoms with Crippen LogP contribution >= 0.6 is 0 Å². The van der Waals surface area contributed by atoms with E-state index in [2.05, 4.69) is 10.3 Å². The molecule has 3 rings (SSSR count). The van der Waals surface area contributed by atoms with Crippen LogP contribution in [0, 0.1) is 6.92 Å². The standard InChI is InChI=1S/C19H22N2O3/c1-14-5-2-3-7-18(14)24-16-8-9-17(20-13-16)19(22)21-15-6-4-11-23-12-10-15/h2-3,5,7-9,13,15H,4,6,10-12H2,1H3,(H,21,22). The number of para-hydroxylation sites is 1. The summed E-state index contributed by atoms with van der Waals surface area (Å²) in [4.78, 5) is 16.5. The molecule has 1 aliphatic heterocycles. The first-order valence-electron chi connectivity index (χ1n) is 8.30. The fourth-order valence-corrected chi connectivity index (χ4v) is 2.68. The Morgan fingerprint density at radius 2 is 2.08 bits per heavy atom. The lowest BCUT2D eigenvalue weighted by Gasteiger charge is -2.15. The zero-order valence-corrected chi connectivity index (χ0v) is 13.8. The average molecular weight is 326 g/mol. The van der Waals surface area contributed by atoms with E-state index in [1.807, 2.05) is 31.2 Å². The first kappa shape index (κ1) is 16.5. The van der Waals surface area contributed by atoms with Crippen molar-refractivity contribution in [2.24, 2.45) is 0 Å². The van der Waals surface area contributed by atoms with Gasteiger partial charge in [0, 0.05) is 19.3 Å². The average Bonchev–Trinajstić information content (AvgIpc) is 2.86. The van der Waals surface area contributed by atoms with Crippen molar-refractivity contribution in [3.05, 3.63) is 53.9 Å². The number of benzene rings is 1. The van der Waals surface area contributed by atoms with E-state index < -0.39 is 0 Å². The summed E-state index contributed by atoms with van der Waals surface area (Å²) in [6.07, 6.45) is 4.35.